The lowest BCUT2D eigenvalue weighted by Gasteiger charge is -2.49. The lowest BCUT2D eigenvalue weighted by atomic mass is 9.93. The second-order valence-electron chi connectivity index (χ2n) is 4.31. The number of piperidine rings is 1. The molecule has 2 heterocycles. The zero-order valence-corrected chi connectivity index (χ0v) is 7.87. The Hall–Kier alpha value is -0.190. The number of ether oxygens (including phenoxy) is 1. The van der Waals surface area contributed by atoms with Crippen molar-refractivity contribution in [1.82, 2.24) is 4.90 Å². The van der Waals surface area contributed by atoms with Crippen LogP contribution in [0.1, 0.15) is 13.3 Å². The number of alkyl halides is 1. The van der Waals surface area contributed by atoms with Gasteiger partial charge in [0.25, 0.3) is 0 Å². The Balaban J connectivity index is 1.94. The minimum atomic E-state index is -1.09. The molecule has 0 saturated carbocycles. The molecule has 0 aromatic carbocycles. The predicted octanol–water partition coefficient (Wildman–Crippen LogP) is 0.180. The van der Waals surface area contributed by atoms with Gasteiger partial charge < -0.3 is 9.84 Å². The number of aliphatic hydroxyl groups is 1. The van der Waals surface area contributed by atoms with Crippen molar-refractivity contribution in [2.45, 2.75) is 31.2 Å². The number of rotatable bonds is 1. The van der Waals surface area contributed by atoms with Crippen LogP contribution >= 0.6 is 0 Å². The van der Waals surface area contributed by atoms with E-state index >= 15 is 0 Å². The largest absolute Gasteiger partial charge is 0.390 e. The molecular formula is C9H16FNO2. The highest BCUT2D eigenvalue weighted by atomic mass is 19.1. The van der Waals surface area contributed by atoms with Gasteiger partial charge in [0.1, 0.15) is 6.17 Å². The molecule has 0 unspecified atom stereocenters. The molecule has 76 valence electrons. The van der Waals surface area contributed by atoms with E-state index in [2.05, 4.69) is 11.8 Å². The smallest absolute Gasteiger partial charge is 0.139 e. The maximum Gasteiger partial charge on any atom is 0.139 e. The lowest BCUT2D eigenvalue weighted by Crippen LogP contribution is -2.64. The Morgan fingerprint density at radius 1 is 1.54 bits per heavy atom. The summed E-state index contributed by atoms with van der Waals surface area (Å²) >= 11 is 0. The molecule has 3 nitrogen and oxygen atoms in total. The first kappa shape index (κ1) is 9.37. The topological polar surface area (TPSA) is 32.7 Å². The van der Waals surface area contributed by atoms with Gasteiger partial charge in [0.2, 0.25) is 0 Å². The highest BCUT2D eigenvalue weighted by Crippen LogP contribution is 2.28. The molecule has 0 bridgehead atoms. The lowest BCUT2D eigenvalue weighted by molar-refractivity contribution is -0.152. The van der Waals surface area contributed by atoms with Crippen molar-refractivity contribution < 1.29 is 14.2 Å². The normalized spacial score (nSPS) is 39.9. The van der Waals surface area contributed by atoms with Gasteiger partial charge in [0.05, 0.1) is 24.9 Å². The zero-order valence-electron chi connectivity index (χ0n) is 7.87. The summed E-state index contributed by atoms with van der Waals surface area (Å²) in [5.74, 6) is 0. The van der Waals surface area contributed by atoms with Crippen molar-refractivity contribution in [3.8, 4) is 0 Å². The molecule has 2 aliphatic rings. The van der Waals surface area contributed by atoms with Crippen LogP contribution < -0.4 is 0 Å². The zero-order chi connectivity index (χ0) is 9.47. The molecule has 0 amide bonds. The van der Waals surface area contributed by atoms with E-state index in [1.165, 1.54) is 0 Å². The molecule has 2 saturated heterocycles. The van der Waals surface area contributed by atoms with E-state index in [0.29, 0.717) is 26.2 Å². The van der Waals surface area contributed by atoms with Gasteiger partial charge in [-0.2, -0.15) is 0 Å². The molecule has 0 spiro atoms. The summed E-state index contributed by atoms with van der Waals surface area (Å²) in [6.45, 7) is 4.59. The van der Waals surface area contributed by atoms with Crippen molar-refractivity contribution >= 4 is 0 Å². The fourth-order valence-electron chi connectivity index (χ4n) is 1.96. The monoisotopic (exact) mass is 189 g/mol. The van der Waals surface area contributed by atoms with E-state index in [0.717, 1.165) is 6.54 Å². The summed E-state index contributed by atoms with van der Waals surface area (Å²) in [6.07, 6.45) is -1.32. The van der Waals surface area contributed by atoms with Crippen LogP contribution in [0.25, 0.3) is 0 Å². The van der Waals surface area contributed by atoms with E-state index in [9.17, 15) is 9.50 Å². The molecule has 1 N–H and O–H groups in total. The Kier molecular flexibility index (Phi) is 2.30. The van der Waals surface area contributed by atoms with E-state index < -0.39 is 12.3 Å². The van der Waals surface area contributed by atoms with Crippen LogP contribution in [0.3, 0.4) is 0 Å². The van der Waals surface area contributed by atoms with Gasteiger partial charge in [0, 0.05) is 13.1 Å². The SMILES string of the molecule is CC1(N2CC[C@H](O)[C@H](F)C2)COC1. The van der Waals surface area contributed by atoms with Crippen LogP contribution in [0, 0.1) is 0 Å². The van der Waals surface area contributed by atoms with Gasteiger partial charge in [-0.25, -0.2) is 4.39 Å². The first-order valence-corrected chi connectivity index (χ1v) is 4.77. The number of hydrogen-bond donors (Lipinski definition) is 1. The van der Waals surface area contributed by atoms with Gasteiger partial charge in [-0.05, 0) is 13.3 Å². The molecule has 0 aromatic heterocycles. The van der Waals surface area contributed by atoms with Gasteiger partial charge in [-0.3, -0.25) is 4.90 Å². The fourth-order valence-corrected chi connectivity index (χ4v) is 1.96. The van der Waals surface area contributed by atoms with E-state index in [-0.39, 0.29) is 5.54 Å². The van der Waals surface area contributed by atoms with Crippen molar-refractivity contribution in [3.63, 3.8) is 0 Å². The summed E-state index contributed by atoms with van der Waals surface area (Å²) in [5, 5.41) is 9.22. The quantitative estimate of drug-likeness (QED) is 0.638. The summed E-state index contributed by atoms with van der Waals surface area (Å²) in [7, 11) is 0. The molecule has 2 aliphatic heterocycles. The molecule has 2 fully saturated rings. The predicted molar refractivity (Wildman–Crippen MR) is 46.3 cm³/mol. The Morgan fingerprint density at radius 2 is 2.23 bits per heavy atom. The van der Waals surface area contributed by atoms with Crippen molar-refractivity contribution in [2.24, 2.45) is 0 Å². The molecule has 2 atom stereocenters. The number of aliphatic hydroxyl groups excluding tert-OH is 1. The van der Waals surface area contributed by atoms with E-state index in [1.807, 2.05) is 0 Å². The third kappa shape index (κ3) is 1.58. The van der Waals surface area contributed by atoms with E-state index in [1.54, 1.807) is 0 Å². The Labute approximate surface area is 77.5 Å². The minimum Gasteiger partial charge on any atom is -0.390 e. The van der Waals surface area contributed by atoms with Gasteiger partial charge >= 0.3 is 0 Å². The summed E-state index contributed by atoms with van der Waals surface area (Å²) in [5.41, 5.74) is 0.0183. The summed E-state index contributed by atoms with van der Waals surface area (Å²) in [4.78, 5) is 2.09. The second-order valence-corrected chi connectivity index (χ2v) is 4.31. The van der Waals surface area contributed by atoms with Crippen LogP contribution in [0.5, 0.6) is 0 Å². The summed E-state index contributed by atoms with van der Waals surface area (Å²) < 4.78 is 18.3. The molecule has 4 heteroatoms. The first-order chi connectivity index (χ1) is 6.12. The average Bonchev–Trinajstić information content (AvgIpc) is 2.06. The molecule has 2 rings (SSSR count). The van der Waals surface area contributed by atoms with Gasteiger partial charge in [-0.1, -0.05) is 0 Å². The van der Waals surface area contributed by atoms with Crippen molar-refractivity contribution in [2.75, 3.05) is 26.3 Å². The molecule has 13 heavy (non-hydrogen) atoms. The van der Waals surface area contributed by atoms with Gasteiger partial charge in [-0.15, -0.1) is 0 Å². The van der Waals surface area contributed by atoms with Crippen LogP contribution in [-0.2, 0) is 4.74 Å². The maximum absolute atomic E-state index is 13.2. The highest BCUT2D eigenvalue weighted by molar-refractivity contribution is 4.96. The van der Waals surface area contributed by atoms with Crippen LogP contribution in [-0.4, -0.2) is 54.1 Å². The van der Waals surface area contributed by atoms with Crippen LogP contribution in [0.2, 0.25) is 0 Å². The highest BCUT2D eigenvalue weighted by Gasteiger charge is 2.43. The molecule has 0 radical (unpaired) electrons. The van der Waals surface area contributed by atoms with Crippen molar-refractivity contribution in [3.05, 3.63) is 0 Å². The molecule has 0 aromatic rings. The molecular weight excluding hydrogens is 173 g/mol. The number of hydrogen-bond acceptors (Lipinski definition) is 3. The van der Waals surface area contributed by atoms with Gasteiger partial charge in [0.15, 0.2) is 0 Å². The number of halogens is 1. The Bertz CT molecular complexity index is 196. The number of likely N-dealkylation sites (tertiary alicyclic amines) is 1. The minimum absolute atomic E-state index is 0.0183. The number of nitrogens with zero attached hydrogens (tertiary/aromatic N) is 1. The Morgan fingerprint density at radius 3 is 2.69 bits per heavy atom. The average molecular weight is 189 g/mol. The summed E-state index contributed by atoms with van der Waals surface area (Å²) in [6, 6.07) is 0. The third-order valence-electron chi connectivity index (χ3n) is 3.10. The molecule has 0 aliphatic carbocycles. The van der Waals surface area contributed by atoms with Crippen LogP contribution in [0.15, 0.2) is 0 Å². The first-order valence-electron chi connectivity index (χ1n) is 4.77. The standard InChI is InChI=1S/C9H16FNO2/c1-9(5-13-6-9)11-3-2-8(12)7(10)4-11/h7-8,12H,2-6H2,1H3/t7-,8+/m1/s1. The second kappa shape index (κ2) is 3.19. The van der Waals surface area contributed by atoms with E-state index in [4.69, 9.17) is 4.74 Å². The van der Waals surface area contributed by atoms with Crippen LogP contribution in [0.4, 0.5) is 4.39 Å². The maximum atomic E-state index is 13.2. The fraction of sp³-hybridized carbons (Fsp3) is 1.00. The van der Waals surface area contributed by atoms with Crippen molar-refractivity contribution in [1.29, 1.82) is 0 Å². The third-order valence-corrected chi connectivity index (χ3v) is 3.10.